The van der Waals surface area contributed by atoms with Crippen LogP contribution in [-0.2, 0) is 11.3 Å². The Kier molecular flexibility index (Phi) is 5.16. The first-order valence-corrected chi connectivity index (χ1v) is 9.40. The fourth-order valence-electron chi connectivity index (χ4n) is 2.96. The number of rotatable bonds is 5. The van der Waals surface area contributed by atoms with Crippen molar-refractivity contribution < 1.29 is 4.79 Å². The van der Waals surface area contributed by atoms with Crippen molar-refractivity contribution in [3.05, 3.63) is 89.3 Å². The van der Waals surface area contributed by atoms with Gasteiger partial charge in [0, 0.05) is 11.6 Å². The third-order valence-corrected chi connectivity index (χ3v) is 4.78. The lowest BCUT2D eigenvalue weighted by atomic mass is 10.0. The van der Waals surface area contributed by atoms with Gasteiger partial charge in [-0.25, -0.2) is 0 Å². The van der Waals surface area contributed by atoms with Gasteiger partial charge in [0.05, 0.1) is 12.2 Å². The van der Waals surface area contributed by atoms with Crippen LogP contribution in [0, 0.1) is 13.8 Å². The highest BCUT2D eigenvalue weighted by Crippen LogP contribution is 2.20. The van der Waals surface area contributed by atoms with Crippen LogP contribution >= 0.6 is 0 Å². The number of fused-ring (bicyclic) bond motifs is 1. The molecule has 0 unspecified atom stereocenters. The van der Waals surface area contributed by atoms with E-state index in [9.17, 15) is 4.79 Å². The molecule has 2 aromatic heterocycles. The summed E-state index contributed by atoms with van der Waals surface area (Å²) in [6, 6.07) is 19.7. The first-order chi connectivity index (χ1) is 14.1. The van der Waals surface area contributed by atoms with Gasteiger partial charge in [-0.2, -0.15) is 9.61 Å². The summed E-state index contributed by atoms with van der Waals surface area (Å²) in [4.78, 5) is 12.1. The molecule has 0 atom stereocenters. The Morgan fingerprint density at radius 1 is 1.00 bits per heavy atom. The largest absolute Gasteiger partial charge is 0.345 e. The van der Waals surface area contributed by atoms with Crippen LogP contribution in [0.1, 0.15) is 22.5 Å². The highest BCUT2D eigenvalue weighted by Gasteiger charge is 2.10. The lowest BCUT2D eigenvalue weighted by molar-refractivity contribution is -0.116. The number of hydrogen-bond acceptors (Lipinski definition) is 4. The molecule has 0 aliphatic carbocycles. The minimum absolute atomic E-state index is 0.198. The van der Waals surface area contributed by atoms with Crippen molar-refractivity contribution in [3.8, 4) is 11.3 Å². The standard InChI is InChI=1S/C23H21N5O/c1-16-8-10-19(14-17(16)2)20-11-12-21-25-26-22(28(21)27-20)15-24-23(29)13-9-18-6-4-3-5-7-18/h3-14H,15H2,1-2H3,(H,24,29)/b13-9+. The van der Waals surface area contributed by atoms with E-state index >= 15 is 0 Å². The second kappa shape index (κ2) is 8.06. The number of nitrogens with zero attached hydrogens (tertiary/aromatic N) is 4. The molecule has 1 N–H and O–H groups in total. The molecule has 0 radical (unpaired) electrons. The molecular formula is C23H21N5O. The van der Waals surface area contributed by atoms with Gasteiger partial charge in [0.15, 0.2) is 11.5 Å². The smallest absolute Gasteiger partial charge is 0.244 e. The van der Waals surface area contributed by atoms with Crippen LogP contribution in [0.5, 0.6) is 0 Å². The maximum absolute atomic E-state index is 12.1. The molecule has 144 valence electrons. The van der Waals surface area contributed by atoms with E-state index in [0.29, 0.717) is 11.5 Å². The normalized spacial score (nSPS) is 11.2. The molecule has 6 nitrogen and oxygen atoms in total. The Morgan fingerprint density at radius 2 is 1.83 bits per heavy atom. The molecule has 4 rings (SSSR count). The van der Waals surface area contributed by atoms with E-state index in [1.165, 1.54) is 17.2 Å². The van der Waals surface area contributed by atoms with Crippen LogP contribution in [0.25, 0.3) is 23.0 Å². The van der Waals surface area contributed by atoms with Crippen LogP contribution in [0.3, 0.4) is 0 Å². The van der Waals surface area contributed by atoms with Gasteiger partial charge in [-0.1, -0.05) is 42.5 Å². The summed E-state index contributed by atoms with van der Waals surface area (Å²) in [7, 11) is 0. The molecule has 2 aromatic carbocycles. The third-order valence-electron chi connectivity index (χ3n) is 4.78. The molecule has 0 aliphatic heterocycles. The first kappa shape index (κ1) is 18.6. The van der Waals surface area contributed by atoms with Gasteiger partial charge in [0.1, 0.15) is 0 Å². The Balaban J connectivity index is 1.51. The molecule has 1 amide bonds. The van der Waals surface area contributed by atoms with Crippen molar-refractivity contribution in [1.82, 2.24) is 25.1 Å². The maximum atomic E-state index is 12.1. The van der Waals surface area contributed by atoms with Crippen molar-refractivity contribution in [2.75, 3.05) is 0 Å². The summed E-state index contributed by atoms with van der Waals surface area (Å²) in [5.41, 5.74) is 5.93. The topological polar surface area (TPSA) is 72.2 Å². The number of benzene rings is 2. The molecule has 0 saturated carbocycles. The average Bonchev–Trinajstić information content (AvgIpc) is 3.15. The van der Waals surface area contributed by atoms with Crippen LogP contribution < -0.4 is 5.32 Å². The number of carbonyl (C=O) groups is 1. The zero-order valence-corrected chi connectivity index (χ0v) is 16.3. The van der Waals surface area contributed by atoms with Gasteiger partial charge in [0.25, 0.3) is 0 Å². The van der Waals surface area contributed by atoms with Crippen molar-refractivity contribution >= 4 is 17.6 Å². The summed E-state index contributed by atoms with van der Waals surface area (Å²) >= 11 is 0. The van der Waals surface area contributed by atoms with Gasteiger partial charge < -0.3 is 5.32 Å². The first-order valence-electron chi connectivity index (χ1n) is 9.40. The van der Waals surface area contributed by atoms with Gasteiger partial charge in [-0.3, -0.25) is 4.79 Å². The molecule has 0 aliphatic rings. The summed E-state index contributed by atoms with van der Waals surface area (Å²) in [6.45, 7) is 4.41. The molecular weight excluding hydrogens is 362 g/mol. The summed E-state index contributed by atoms with van der Waals surface area (Å²) in [5.74, 6) is 0.378. The fourth-order valence-corrected chi connectivity index (χ4v) is 2.96. The number of aryl methyl sites for hydroxylation is 2. The number of carbonyl (C=O) groups excluding carboxylic acids is 1. The fraction of sp³-hybridized carbons (Fsp3) is 0.130. The van der Waals surface area contributed by atoms with Crippen molar-refractivity contribution in [2.45, 2.75) is 20.4 Å². The van der Waals surface area contributed by atoms with E-state index in [1.54, 1.807) is 10.6 Å². The van der Waals surface area contributed by atoms with E-state index in [1.807, 2.05) is 42.5 Å². The molecule has 2 heterocycles. The van der Waals surface area contributed by atoms with Crippen LogP contribution in [0.2, 0.25) is 0 Å². The third kappa shape index (κ3) is 4.21. The van der Waals surface area contributed by atoms with Gasteiger partial charge in [-0.15, -0.1) is 10.2 Å². The zero-order chi connectivity index (χ0) is 20.2. The van der Waals surface area contributed by atoms with Crippen molar-refractivity contribution in [3.63, 3.8) is 0 Å². The summed E-state index contributed by atoms with van der Waals surface area (Å²) < 4.78 is 1.67. The monoisotopic (exact) mass is 383 g/mol. The van der Waals surface area contributed by atoms with E-state index in [-0.39, 0.29) is 12.5 Å². The highest BCUT2D eigenvalue weighted by molar-refractivity contribution is 5.91. The van der Waals surface area contributed by atoms with Crippen molar-refractivity contribution in [1.29, 1.82) is 0 Å². The number of nitrogens with one attached hydrogen (secondary N) is 1. The van der Waals surface area contributed by atoms with E-state index in [4.69, 9.17) is 0 Å². The Labute approximate surface area is 168 Å². The van der Waals surface area contributed by atoms with E-state index in [2.05, 4.69) is 52.7 Å². The molecule has 0 saturated heterocycles. The predicted octanol–water partition coefficient (Wildman–Crippen LogP) is 3.74. The van der Waals surface area contributed by atoms with Gasteiger partial charge >= 0.3 is 0 Å². The van der Waals surface area contributed by atoms with Crippen LogP contribution in [-0.4, -0.2) is 25.7 Å². The minimum atomic E-state index is -0.198. The molecule has 0 spiro atoms. The van der Waals surface area contributed by atoms with Crippen molar-refractivity contribution in [2.24, 2.45) is 0 Å². The second-order valence-corrected chi connectivity index (χ2v) is 6.87. The predicted molar refractivity (Wildman–Crippen MR) is 113 cm³/mol. The zero-order valence-electron chi connectivity index (χ0n) is 16.3. The van der Waals surface area contributed by atoms with E-state index < -0.39 is 0 Å². The van der Waals surface area contributed by atoms with E-state index in [0.717, 1.165) is 16.8 Å². The molecule has 0 fully saturated rings. The average molecular weight is 383 g/mol. The van der Waals surface area contributed by atoms with Crippen LogP contribution in [0.15, 0.2) is 66.7 Å². The molecule has 4 aromatic rings. The summed E-state index contributed by atoms with van der Waals surface area (Å²) in [5, 5.41) is 15.8. The second-order valence-electron chi connectivity index (χ2n) is 6.87. The Hall–Kier alpha value is -3.80. The molecule has 0 bridgehead atoms. The lowest BCUT2D eigenvalue weighted by Gasteiger charge is -2.06. The van der Waals surface area contributed by atoms with Crippen LogP contribution in [0.4, 0.5) is 0 Å². The highest BCUT2D eigenvalue weighted by atomic mass is 16.1. The minimum Gasteiger partial charge on any atom is -0.345 e. The Morgan fingerprint density at radius 3 is 2.62 bits per heavy atom. The Bertz CT molecular complexity index is 1190. The molecule has 29 heavy (non-hydrogen) atoms. The number of amides is 1. The number of hydrogen-bond donors (Lipinski definition) is 1. The quantitative estimate of drug-likeness (QED) is 0.533. The van der Waals surface area contributed by atoms with Gasteiger partial charge in [0.2, 0.25) is 5.91 Å². The van der Waals surface area contributed by atoms with Gasteiger partial charge in [-0.05, 0) is 54.8 Å². The maximum Gasteiger partial charge on any atom is 0.244 e. The number of aromatic nitrogens is 4. The summed E-state index contributed by atoms with van der Waals surface area (Å²) in [6.07, 6.45) is 3.28. The molecule has 6 heteroatoms. The SMILES string of the molecule is Cc1ccc(-c2ccc3nnc(CNC(=O)/C=C/c4ccccc4)n3n2)cc1C. The lowest BCUT2D eigenvalue weighted by Crippen LogP contribution is -2.22.